The number of hydrogen-bond acceptors (Lipinski definition) is 6. The van der Waals surface area contributed by atoms with Gasteiger partial charge in [0, 0.05) is 12.8 Å². The van der Waals surface area contributed by atoms with E-state index in [1.807, 2.05) is 6.08 Å². The van der Waals surface area contributed by atoms with E-state index in [4.69, 9.17) is 14.2 Å². The molecule has 0 saturated carbocycles. The van der Waals surface area contributed by atoms with Gasteiger partial charge in [-0.05, 0) is 89.9 Å². The maximum absolute atomic E-state index is 12.7. The van der Waals surface area contributed by atoms with Gasteiger partial charge in [-0.2, -0.15) is 0 Å². The molecule has 0 aromatic heterocycles. The fourth-order valence-electron chi connectivity index (χ4n) is 8.25. The monoisotopic (exact) mass is 1020 g/mol. The lowest BCUT2D eigenvalue weighted by Gasteiger charge is -2.18. The smallest absolute Gasteiger partial charge is 0.310 e. The molecule has 0 aromatic rings. The van der Waals surface area contributed by atoms with Crippen LogP contribution in [-0.2, 0) is 28.6 Å². The number of carbonyl (C=O) groups excluding carboxylic acids is 3. The van der Waals surface area contributed by atoms with Crippen molar-refractivity contribution in [3.63, 3.8) is 0 Å². The Morgan fingerprint density at radius 2 is 0.568 bits per heavy atom. The van der Waals surface area contributed by atoms with Crippen LogP contribution in [0.5, 0.6) is 0 Å². The summed E-state index contributed by atoms with van der Waals surface area (Å²) in [4.78, 5) is 37.9. The summed E-state index contributed by atoms with van der Waals surface area (Å²) >= 11 is 0. The van der Waals surface area contributed by atoms with E-state index >= 15 is 0 Å². The van der Waals surface area contributed by atoms with Crippen molar-refractivity contribution < 1.29 is 28.6 Å². The molecule has 0 fully saturated rings. The third-order valence-corrected chi connectivity index (χ3v) is 12.7. The average molecular weight is 1030 g/mol. The molecule has 0 saturated heterocycles. The summed E-state index contributed by atoms with van der Waals surface area (Å²) in [6, 6.07) is 0. The summed E-state index contributed by atoms with van der Waals surface area (Å²) in [6.07, 6.45) is 85.5. The van der Waals surface area contributed by atoms with Gasteiger partial charge in [0.1, 0.15) is 13.2 Å². The molecule has 0 spiro atoms. The molecule has 0 aromatic carbocycles. The molecule has 74 heavy (non-hydrogen) atoms. The van der Waals surface area contributed by atoms with E-state index in [1.54, 1.807) is 6.08 Å². The van der Waals surface area contributed by atoms with Crippen LogP contribution in [0.3, 0.4) is 0 Å². The van der Waals surface area contributed by atoms with Crippen molar-refractivity contribution >= 4 is 17.9 Å². The minimum Gasteiger partial charge on any atom is -0.462 e. The maximum atomic E-state index is 12.7. The second-order valence-corrected chi connectivity index (χ2v) is 19.9. The molecule has 0 amide bonds. The Morgan fingerprint density at radius 1 is 0.297 bits per heavy atom. The highest BCUT2D eigenvalue weighted by Gasteiger charge is 2.19. The molecule has 0 bridgehead atoms. The molecule has 0 N–H and O–H groups in total. The summed E-state index contributed by atoms with van der Waals surface area (Å²) in [5, 5.41) is 0. The zero-order valence-corrected chi connectivity index (χ0v) is 48.1. The van der Waals surface area contributed by atoms with E-state index in [2.05, 4.69) is 130 Å². The van der Waals surface area contributed by atoms with Crippen molar-refractivity contribution in [1.29, 1.82) is 0 Å². The molecule has 0 aliphatic rings. The highest BCUT2D eigenvalue weighted by atomic mass is 16.6. The first-order valence-electron chi connectivity index (χ1n) is 30.5. The Bertz CT molecular complexity index is 1550. The molecule has 6 heteroatoms. The van der Waals surface area contributed by atoms with Crippen LogP contribution < -0.4 is 0 Å². The third-order valence-electron chi connectivity index (χ3n) is 12.7. The van der Waals surface area contributed by atoms with Crippen molar-refractivity contribution in [2.75, 3.05) is 13.2 Å². The van der Waals surface area contributed by atoms with Crippen LogP contribution in [0, 0.1) is 0 Å². The zero-order valence-electron chi connectivity index (χ0n) is 48.1. The summed E-state index contributed by atoms with van der Waals surface area (Å²) in [7, 11) is 0. The highest BCUT2D eigenvalue weighted by molar-refractivity contribution is 5.72. The van der Waals surface area contributed by atoms with Crippen LogP contribution >= 0.6 is 0 Å². The van der Waals surface area contributed by atoms with Crippen molar-refractivity contribution in [2.45, 2.75) is 277 Å². The molecule has 1 unspecified atom stereocenters. The van der Waals surface area contributed by atoms with Gasteiger partial charge in [0.15, 0.2) is 6.10 Å². The zero-order chi connectivity index (χ0) is 53.6. The van der Waals surface area contributed by atoms with Gasteiger partial charge < -0.3 is 14.2 Å². The summed E-state index contributed by atoms with van der Waals surface area (Å²) in [5.41, 5.74) is 0. The first-order chi connectivity index (χ1) is 36.5. The van der Waals surface area contributed by atoms with Crippen molar-refractivity contribution in [2.24, 2.45) is 0 Å². The largest absolute Gasteiger partial charge is 0.462 e. The van der Waals surface area contributed by atoms with E-state index in [9.17, 15) is 14.4 Å². The van der Waals surface area contributed by atoms with Crippen LogP contribution in [0.1, 0.15) is 271 Å². The third kappa shape index (κ3) is 58.7. The molecular weight excluding hydrogens is 913 g/mol. The van der Waals surface area contributed by atoms with Gasteiger partial charge in [0.25, 0.3) is 0 Å². The Morgan fingerprint density at radius 3 is 0.892 bits per heavy atom. The normalized spacial score (nSPS) is 13.0. The number of ether oxygens (including phenoxy) is 3. The molecule has 0 radical (unpaired) electrons. The van der Waals surface area contributed by atoms with E-state index in [1.165, 1.54) is 128 Å². The number of unbranched alkanes of at least 4 members (excludes halogenated alkanes) is 24. The van der Waals surface area contributed by atoms with Gasteiger partial charge in [-0.15, -0.1) is 0 Å². The van der Waals surface area contributed by atoms with Crippen molar-refractivity contribution in [1.82, 2.24) is 0 Å². The van der Waals surface area contributed by atoms with Crippen LogP contribution in [0.25, 0.3) is 0 Å². The minimum atomic E-state index is -0.830. The molecule has 0 aliphatic heterocycles. The van der Waals surface area contributed by atoms with E-state index < -0.39 is 12.1 Å². The molecule has 0 heterocycles. The molecule has 420 valence electrons. The van der Waals surface area contributed by atoms with Crippen LogP contribution in [0.4, 0.5) is 0 Å². The van der Waals surface area contributed by atoms with E-state index in [0.717, 1.165) is 103 Å². The number of rotatable bonds is 54. The molecule has 6 nitrogen and oxygen atoms in total. The molecule has 0 aliphatic carbocycles. The fourth-order valence-corrected chi connectivity index (χ4v) is 8.25. The van der Waals surface area contributed by atoms with Crippen LogP contribution in [-0.4, -0.2) is 37.2 Å². The van der Waals surface area contributed by atoms with E-state index in [0.29, 0.717) is 12.8 Å². The lowest BCUT2D eigenvalue weighted by atomic mass is 10.0. The lowest BCUT2D eigenvalue weighted by molar-refractivity contribution is -0.166. The number of allylic oxidation sites excluding steroid dienone is 19. The molecule has 1 atom stereocenters. The Balaban J connectivity index is 4.12. The SMILES string of the molecule is CC/C=C\C/C=C\C/C=C\C/C=C\C/C=C\CCCCCCCCCCCCCCCCCCCC(=O)OCC(COC(=O)CCCCCCCCCC)OC(=O)C/C=C\C/C=C\C/C=C\C/C=C\C/C=C\CC. The molecular formula is C68H112O6. The topological polar surface area (TPSA) is 78.9 Å². The lowest BCUT2D eigenvalue weighted by Crippen LogP contribution is -2.30. The number of carbonyl (C=O) groups is 3. The Labute approximate surface area is 456 Å². The second-order valence-electron chi connectivity index (χ2n) is 19.9. The number of hydrogen-bond donors (Lipinski definition) is 0. The minimum absolute atomic E-state index is 0.0964. The van der Waals surface area contributed by atoms with Crippen LogP contribution in [0.2, 0.25) is 0 Å². The van der Waals surface area contributed by atoms with Crippen LogP contribution in [0.15, 0.2) is 122 Å². The van der Waals surface area contributed by atoms with Crippen molar-refractivity contribution in [3.05, 3.63) is 122 Å². The standard InChI is InChI=1S/C68H112O6/c1-4-7-10-13-16-19-21-23-25-26-27-28-29-30-31-32-33-34-35-36-37-38-39-40-41-42-44-45-47-49-52-55-58-61-67(70)73-64-65(63-72-66(69)60-57-54-51-18-15-12-9-6-3)74-68(71)62-59-56-53-50-48-46-43-24-22-20-17-14-11-8-5-2/h7-8,10-11,16-17,19-20,23-25,27-28,30-31,43,48,50,56,59,65H,4-6,9,12-15,18,21-22,26,29,32-42,44-47,49,51-55,57-58,60-64H2,1-3H3/b10-7-,11-8-,19-16-,20-17-,25-23-,28-27-,31-30-,43-24-,50-48-,59-56-. The Hall–Kier alpha value is -4.19. The first-order valence-corrected chi connectivity index (χ1v) is 30.5. The summed E-state index contributed by atoms with van der Waals surface area (Å²) in [5.74, 6) is -1.05. The van der Waals surface area contributed by atoms with Gasteiger partial charge in [-0.3, -0.25) is 14.4 Å². The number of esters is 3. The van der Waals surface area contributed by atoms with E-state index in [-0.39, 0.29) is 31.6 Å². The second kappa shape index (κ2) is 61.4. The summed E-state index contributed by atoms with van der Waals surface area (Å²) in [6.45, 7) is 6.30. The quantitative estimate of drug-likeness (QED) is 0.0261. The van der Waals surface area contributed by atoms with Gasteiger partial charge in [0.2, 0.25) is 0 Å². The maximum Gasteiger partial charge on any atom is 0.310 e. The van der Waals surface area contributed by atoms with Gasteiger partial charge >= 0.3 is 17.9 Å². The van der Waals surface area contributed by atoms with Gasteiger partial charge in [-0.25, -0.2) is 0 Å². The fraction of sp³-hybridized carbons (Fsp3) is 0.662. The molecule has 0 rings (SSSR count). The summed E-state index contributed by atoms with van der Waals surface area (Å²) < 4.78 is 16.7. The predicted octanol–water partition coefficient (Wildman–Crippen LogP) is 20.8. The van der Waals surface area contributed by atoms with Gasteiger partial charge in [0.05, 0.1) is 6.42 Å². The predicted molar refractivity (Wildman–Crippen MR) is 320 cm³/mol. The average Bonchev–Trinajstić information content (AvgIpc) is 3.40. The highest BCUT2D eigenvalue weighted by Crippen LogP contribution is 2.16. The van der Waals surface area contributed by atoms with Gasteiger partial charge in [-0.1, -0.05) is 284 Å². The first kappa shape index (κ1) is 69.8. The van der Waals surface area contributed by atoms with Crippen molar-refractivity contribution in [3.8, 4) is 0 Å². The Kier molecular flexibility index (Phi) is 57.9.